The summed E-state index contributed by atoms with van der Waals surface area (Å²) in [5.74, 6) is -0.150. The van der Waals surface area contributed by atoms with Gasteiger partial charge in [0.2, 0.25) is 0 Å². The van der Waals surface area contributed by atoms with Crippen LogP contribution in [0.1, 0.15) is 50.7 Å². The predicted molar refractivity (Wildman–Crippen MR) is 112 cm³/mol. The lowest BCUT2D eigenvalue weighted by Gasteiger charge is -2.08. The molecule has 0 saturated heterocycles. The molecule has 0 saturated carbocycles. The van der Waals surface area contributed by atoms with Crippen LogP contribution in [0.15, 0.2) is 60.8 Å². The molecule has 2 heteroatoms. The molecule has 0 radical (unpaired) electrons. The van der Waals surface area contributed by atoms with Gasteiger partial charge in [-0.15, -0.1) is 0 Å². The van der Waals surface area contributed by atoms with E-state index in [1.54, 1.807) is 6.07 Å². The van der Waals surface area contributed by atoms with Crippen molar-refractivity contribution in [3.63, 3.8) is 0 Å². The standard InChI is InChI=1S/C25H28FN/c1-3-5-6-8-20-10-16-25(27-18-20)22-13-11-21(12-14-22)23-15-9-19(7-4-2)17-24(23)26/h9-18H,3-8H2,1-2H3. The summed E-state index contributed by atoms with van der Waals surface area (Å²) < 4.78 is 14.4. The number of pyridine rings is 1. The summed E-state index contributed by atoms with van der Waals surface area (Å²) in [6.07, 6.45) is 8.72. The van der Waals surface area contributed by atoms with Crippen molar-refractivity contribution < 1.29 is 4.39 Å². The lowest BCUT2D eigenvalue weighted by Crippen LogP contribution is -1.91. The van der Waals surface area contributed by atoms with Gasteiger partial charge in [-0.25, -0.2) is 4.39 Å². The van der Waals surface area contributed by atoms with Crippen LogP contribution >= 0.6 is 0 Å². The first-order valence-electron chi connectivity index (χ1n) is 10.1. The van der Waals surface area contributed by atoms with Crippen molar-refractivity contribution >= 4 is 0 Å². The fourth-order valence-electron chi connectivity index (χ4n) is 3.38. The number of hydrogen-bond donors (Lipinski definition) is 0. The Morgan fingerprint density at radius 2 is 1.48 bits per heavy atom. The number of benzene rings is 2. The monoisotopic (exact) mass is 361 g/mol. The van der Waals surface area contributed by atoms with Crippen LogP contribution in [0.3, 0.4) is 0 Å². The summed E-state index contributed by atoms with van der Waals surface area (Å²) in [5, 5.41) is 0. The molecule has 0 aliphatic carbocycles. The van der Waals surface area contributed by atoms with Gasteiger partial charge in [-0.2, -0.15) is 0 Å². The molecular formula is C25H28FN. The van der Waals surface area contributed by atoms with Gasteiger partial charge in [-0.1, -0.05) is 75.6 Å². The molecular weight excluding hydrogens is 333 g/mol. The van der Waals surface area contributed by atoms with Crippen molar-refractivity contribution in [2.45, 2.75) is 52.4 Å². The molecule has 2 aromatic carbocycles. The lowest BCUT2D eigenvalue weighted by molar-refractivity contribution is 0.628. The van der Waals surface area contributed by atoms with Crippen LogP contribution in [0.4, 0.5) is 4.39 Å². The molecule has 0 bridgehead atoms. The first-order chi connectivity index (χ1) is 13.2. The summed E-state index contributed by atoms with van der Waals surface area (Å²) in [6, 6.07) is 17.8. The predicted octanol–water partition coefficient (Wildman–Crippen LogP) is 7.24. The minimum absolute atomic E-state index is 0.150. The van der Waals surface area contributed by atoms with Gasteiger partial charge in [0.25, 0.3) is 0 Å². The van der Waals surface area contributed by atoms with Gasteiger partial charge in [-0.05, 0) is 48.1 Å². The Morgan fingerprint density at radius 1 is 0.741 bits per heavy atom. The number of nitrogens with zero attached hydrogens (tertiary/aromatic N) is 1. The van der Waals surface area contributed by atoms with E-state index in [-0.39, 0.29) is 5.82 Å². The van der Waals surface area contributed by atoms with Gasteiger partial charge in [0, 0.05) is 17.3 Å². The first kappa shape index (κ1) is 19.3. The van der Waals surface area contributed by atoms with Gasteiger partial charge in [0.15, 0.2) is 0 Å². The van der Waals surface area contributed by atoms with E-state index in [0.717, 1.165) is 41.6 Å². The van der Waals surface area contributed by atoms with E-state index < -0.39 is 0 Å². The summed E-state index contributed by atoms with van der Waals surface area (Å²) in [4.78, 5) is 4.61. The molecule has 0 atom stereocenters. The third-order valence-corrected chi connectivity index (χ3v) is 4.96. The number of hydrogen-bond acceptors (Lipinski definition) is 1. The Kier molecular flexibility index (Phi) is 6.75. The summed E-state index contributed by atoms with van der Waals surface area (Å²) >= 11 is 0. The highest BCUT2D eigenvalue weighted by atomic mass is 19.1. The maximum absolute atomic E-state index is 14.4. The molecule has 140 valence electrons. The Balaban J connectivity index is 1.73. The molecule has 0 N–H and O–H groups in total. The second-order valence-corrected chi connectivity index (χ2v) is 7.15. The first-order valence-corrected chi connectivity index (χ1v) is 10.1. The van der Waals surface area contributed by atoms with E-state index >= 15 is 0 Å². The topological polar surface area (TPSA) is 12.9 Å². The minimum atomic E-state index is -0.150. The number of halogens is 1. The highest BCUT2D eigenvalue weighted by molar-refractivity contribution is 5.69. The van der Waals surface area contributed by atoms with Crippen molar-refractivity contribution in [1.82, 2.24) is 4.98 Å². The van der Waals surface area contributed by atoms with Crippen LogP contribution < -0.4 is 0 Å². The summed E-state index contributed by atoms with van der Waals surface area (Å²) in [7, 11) is 0. The highest BCUT2D eigenvalue weighted by Crippen LogP contribution is 2.27. The Labute approximate surface area is 162 Å². The van der Waals surface area contributed by atoms with Gasteiger partial charge >= 0.3 is 0 Å². The van der Waals surface area contributed by atoms with Crippen LogP contribution in [0.2, 0.25) is 0 Å². The minimum Gasteiger partial charge on any atom is -0.256 e. The fraction of sp³-hybridized carbons (Fsp3) is 0.320. The van der Waals surface area contributed by atoms with E-state index in [1.807, 2.05) is 42.6 Å². The second-order valence-electron chi connectivity index (χ2n) is 7.15. The maximum atomic E-state index is 14.4. The van der Waals surface area contributed by atoms with Crippen molar-refractivity contribution in [3.8, 4) is 22.4 Å². The zero-order chi connectivity index (χ0) is 19.1. The lowest BCUT2D eigenvalue weighted by atomic mass is 9.99. The van der Waals surface area contributed by atoms with Gasteiger partial charge in [-0.3, -0.25) is 4.98 Å². The van der Waals surface area contributed by atoms with Crippen LogP contribution in [0.5, 0.6) is 0 Å². The normalized spacial score (nSPS) is 10.9. The van der Waals surface area contributed by atoms with E-state index in [2.05, 4.69) is 31.0 Å². The molecule has 0 spiro atoms. The third-order valence-electron chi connectivity index (χ3n) is 4.96. The molecule has 0 unspecified atom stereocenters. The summed E-state index contributed by atoms with van der Waals surface area (Å²) in [6.45, 7) is 4.33. The molecule has 1 heterocycles. The second kappa shape index (κ2) is 9.45. The third kappa shape index (κ3) is 5.03. The van der Waals surface area contributed by atoms with E-state index in [9.17, 15) is 4.39 Å². The van der Waals surface area contributed by atoms with Crippen molar-refractivity contribution in [1.29, 1.82) is 0 Å². The van der Waals surface area contributed by atoms with Gasteiger partial charge in [0.05, 0.1) is 5.69 Å². The maximum Gasteiger partial charge on any atom is 0.131 e. The van der Waals surface area contributed by atoms with E-state index in [1.165, 1.54) is 24.8 Å². The average molecular weight is 362 g/mol. The van der Waals surface area contributed by atoms with Crippen molar-refractivity contribution in [2.75, 3.05) is 0 Å². The molecule has 1 aromatic heterocycles. The van der Waals surface area contributed by atoms with Crippen LogP contribution in [0, 0.1) is 5.82 Å². The van der Waals surface area contributed by atoms with Crippen LogP contribution in [-0.4, -0.2) is 4.98 Å². The smallest absolute Gasteiger partial charge is 0.131 e. The zero-order valence-corrected chi connectivity index (χ0v) is 16.3. The number of rotatable bonds is 8. The molecule has 27 heavy (non-hydrogen) atoms. The van der Waals surface area contributed by atoms with Crippen LogP contribution in [0.25, 0.3) is 22.4 Å². The van der Waals surface area contributed by atoms with Crippen LogP contribution in [-0.2, 0) is 12.8 Å². The Hall–Kier alpha value is -2.48. The molecule has 1 nitrogen and oxygen atoms in total. The van der Waals surface area contributed by atoms with E-state index in [4.69, 9.17) is 0 Å². The molecule has 0 fully saturated rings. The van der Waals surface area contributed by atoms with Crippen molar-refractivity contribution in [3.05, 3.63) is 77.7 Å². The van der Waals surface area contributed by atoms with E-state index in [0.29, 0.717) is 5.56 Å². The van der Waals surface area contributed by atoms with Gasteiger partial charge < -0.3 is 0 Å². The molecule has 0 amide bonds. The SMILES string of the molecule is CCCCCc1ccc(-c2ccc(-c3ccc(CCC)cc3F)cc2)nc1. The number of aromatic nitrogens is 1. The highest BCUT2D eigenvalue weighted by Gasteiger charge is 2.07. The molecule has 3 aromatic rings. The quantitative estimate of drug-likeness (QED) is 0.385. The molecule has 0 aliphatic rings. The Bertz CT molecular complexity index is 850. The zero-order valence-electron chi connectivity index (χ0n) is 16.3. The average Bonchev–Trinajstić information content (AvgIpc) is 2.69. The number of aryl methyl sites for hydroxylation is 2. The summed E-state index contributed by atoms with van der Waals surface area (Å²) in [5.41, 5.74) is 5.91. The number of unbranched alkanes of at least 4 members (excludes halogenated alkanes) is 2. The largest absolute Gasteiger partial charge is 0.256 e. The molecule has 3 rings (SSSR count). The van der Waals surface area contributed by atoms with Gasteiger partial charge in [0.1, 0.15) is 5.82 Å². The fourth-order valence-corrected chi connectivity index (χ4v) is 3.38. The molecule has 0 aliphatic heterocycles. The van der Waals surface area contributed by atoms with Crippen molar-refractivity contribution in [2.24, 2.45) is 0 Å². The Morgan fingerprint density at radius 3 is 2.11 bits per heavy atom.